The van der Waals surface area contributed by atoms with Gasteiger partial charge in [-0.25, -0.2) is 4.98 Å². The van der Waals surface area contributed by atoms with Gasteiger partial charge in [0.1, 0.15) is 12.3 Å². The van der Waals surface area contributed by atoms with E-state index in [2.05, 4.69) is 28.7 Å². The zero-order chi connectivity index (χ0) is 14.4. The predicted molar refractivity (Wildman–Crippen MR) is 79.4 cm³/mol. The van der Waals surface area contributed by atoms with E-state index in [4.69, 9.17) is 11.6 Å². The Morgan fingerprint density at radius 2 is 2.15 bits per heavy atom. The predicted octanol–water partition coefficient (Wildman–Crippen LogP) is 2.14. The summed E-state index contributed by atoms with van der Waals surface area (Å²) in [5.74, 6) is 1.41. The molecule has 0 spiro atoms. The Balaban J connectivity index is 2.14. The molecule has 1 aromatic rings. The highest BCUT2D eigenvalue weighted by Crippen LogP contribution is 2.45. The first kappa shape index (κ1) is 13.6. The monoisotopic (exact) mass is 294 g/mol. The van der Waals surface area contributed by atoms with Gasteiger partial charge in [-0.05, 0) is 44.2 Å². The summed E-state index contributed by atoms with van der Waals surface area (Å²) < 4.78 is 0. The molecular weight excluding hydrogens is 276 g/mol. The van der Waals surface area contributed by atoms with Gasteiger partial charge in [-0.2, -0.15) is 4.98 Å². The maximum atomic E-state index is 11.6. The Morgan fingerprint density at radius 1 is 1.45 bits per heavy atom. The number of carbonyl (C=O) groups is 1. The average molecular weight is 295 g/mol. The largest absolute Gasteiger partial charge is 0.359 e. The molecule has 6 heteroatoms. The smallest absolute Gasteiger partial charge is 0.224 e. The van der Waals surface area contributed by atoms with E-state index in [0.29, 0.717) is 5.92 Å². The zero-order valence-electron chi connectivity index (χ0n) is 12.0. The second kappa shape index (κ2) is 4.88. The second-order valence-corrected chi connectivity index (χ2v) is 6.25. The molecule has 0 N–H and O–H groups in total. The van der Waals surface area contributed by atoms with E-state index < -0.39 is 0 Å². The molecule has 2 heterocycles. The molecule has 1 aliphatic carbocycles. The van der Waals surface area contributed by atoms with Crippen molar-refractivity contribution in [2.24, 2.45) is 5.92 Å². The van der Waals surface area contributed by atoms with Crippen molar-refractivity contribution < 1.29 is 4.79 Å². The first-order valence-corrected chi connectivity index (χ1v) is 7.41. The summed E-state index contributed by atoms with van der Waals surface area (Å²) in [6.45, 7) is 4.25. The summed E-state index contributed by atoms with van der Waals surface area (Å²) in [5, 5.41) is 0.252. The summed E-state index contributed by atoms with van der Waals surface area (Å²) in [6, 6.07) is 0.291. The van der Waals surface area contributed by atoms with Crippen LogP contribution in [0.5, 0.6) is 0 Å². The molecule has 2 unspecified atom stereocenters. The number of carbonyl (C=O) groups excluding carboxylic acids is 1. The van der Waals surface area contributed by atoms with Crippen LogP contribution in [0.4, 0.5) is 11.5 Å². The van der Waals surface area contributed by atoms with Crippen molar-refractivity contribution in [1.82, 2.24) is 9.97 Å². The van der Waals surface area contributed by atoms with E-state index in [1.165, 1.54) is 12.8 Å². The Kier molecular flexibility index (Phi) is 3.32. The molecule has 0 radical (unpaired) electrons. The molecule has 3 rings (SSSR count). The van der Waals surface area contributed by atoms with Crippen LogP contribution < -0.4 is 9.80 Å². The van der Waals surface area contributed by atoms with Gasteiger partial charge in [0.25, 0.3) is 0 Å². The molecule has 2 aliphatic rings. The number of hydrogen-bond donors (Lipinski definition) is 0. The van der Waals surface area contributed by atoms with Crippen molar-refractivity contribution >= 4 is 29.4 Å². The van der Waals surface area contributed by atoms with Crippen LogP contribution in [0.2, 0.25) is 5.28 Å². The molecule has 20 heavy (non-hydrogen) atoms. The number of aromatic nitrogens is 2. The van der Waals surface area contributed by atoms with Gasteiger partial charge in [0.15, 0.2) is 5.82 Å². The van der Waals surface area contributed by atoms with Crippen LogP contribution in [-0.2, 0) is 4.79 Å². The number of fused-ring (bicyclic) bond motifs is 1. The van der Waals surface area contributed by atoms with Gasteiger partial charge in [-0.3, -0.25) is 0 Å². The zero-order valence-corrected chi connectivity index (χ0v) is 12.7. The van der Waals surface area contributed by atoms with Gasteiger partial charge in [0.05, 0.1) is 17.9 Å². The molecule has 1 aliphatic heterocycles. The number of rotatable bonds is 3. The number of anilines is 2. The van der Waals surface area contributed by atoms with E-state index in [0.717, 1.165) is 17.8 Å². The standard InChI is InChI=1S/C14H19ClN4O/c1-8(2)19-12(9-4-5-9)11(7-20)18(3)10-6-16-14(15)17-13(10)19/h6-9,11-12H,4-5H2,1-3H3. The molecule has 1 saturated carbocycles. The van der Waals surface area contributed by atoms with E-state index in [1.54, 1.807) is 6.20 Å². The summed E-state index contributed by atoms with van der Waals surface area (Å²) in [6.07, 6.45) is 5.12. The van der Waals surface area contributed by atoms with Crippen molar-refractivity contribution in [1.29, 1.82) is 0 Å². The van der Waals surface area contributed by atoms with Crippen molar-refractivity contribution in [3.63, 3.8) is 0 Å². The lowest BCUT2D eigenvalue weighted by atomic mass is 9.96. The Bertz CT molecular complexity index is 532. The summed E-state index contributed by atoms with van der Waals surface area (Å²) in [5.41, 5.74) is 0.872. The van der Waals surface area contributed by atoms with E-state index in [9.17, 15) is 4.79 Å². The third-order valence-corrected chi connectivity index (χ3v) is 4.45. The van der Waals surface area contributed by atoms with Gasteiger partial charge in [-0.1, -0.05) is 0 Å². The van der Waals surface area contributed by atoms with Crippen LogP contribution in [0.25, 0.3) is 0 Å². The molecule has 1 fully saturated rings. The van der Waals surface area contributed by atoms with E-state index in [1.807, 2.05) is 11.9 Å². The fourth-order valence-corrected chi connectivity index (χ4v) is 3.31. The van der Waals surface area contributed by atoms with Crippen LogP contribution in [0.3, 0.4) is 0 Å². The van der Waals surface area contributed by atoms with Gasteiger partial charge in [-0.15, -0.1) is 0 Å². The summed E-state index contributed by atoms with van der Waals surface area (Å²) in [4.78, 5) is 24.3. The first-order valence-electron chi connectivity index (χ1n) is 7.03. The number of halogens is 1. The summed E-state index contributed by atoms with van der Waals surface area (Å²) >= 11 is 5.97. The highest BCUT2D eigenvalue weighted by Gasteiger charge is 2.47. The normalized spacial score (nSPS) is 25.9. The third kappa shape index (κ3) is 2.04. The minimum absolute atomic E-state index is 0.151. The van der Waals surface area contributed by atoms with Gasteiger partial charge >= 0.3 is 0 Å². The highest BCUT2D eigenvalue weighted by atomic mass is 35.5. The van der Waals surface area contributed by atoms with E-state index in [-0.39, 0.29) is 23.4 Å². The molecule has 108 valence electrons. The van der Waals surface area contributed by atoms with Crippen LogP contribution >= 0.6 is 11.6 Å². The topological polar surface area (TPSA) is 49.3 Å². The number of likely N-dealkylation sites (N-methyl/N-ethyl adjacent to an activating group) is 1. The summed E-state index contributed by atoms with van der Waals surface area (Å²) in [7, 11) is 1.93. The van der Waals surface area contributed by atoms with E-state index >= 15 is 0 Å². The Morgan fingerprint density at radius 3 is 2.70 bits per heavy atom. The molecule has 0 amide bonds. The lowest BCUT2D eigenvalue weighted by Crippen LogP contribution is -2.59. The third-order valence-electron chi connectivity index (χ3n) is 4.26. The van der Waals surface area contributed by atoms with Crippen LogP contribution in [0, 0.1) is 5.92 Å². The Labute approximate surface area is 123 Å². The quantitative estimate of drug-likeness (QED) is 0.631. The molecular formula is C14H19ClN4O. The van der Waals surface area contributed by atoms with Gasteiger partial charge < -0.3 is 14.6 Å². The van der Waals surface area contributed by atoms with Crippen LogP contribution in [0.1, 0.15) is 26.7 Å². The van der Waals surface area contributed by atoms with Gasteiger partial charge in [0, 0.05) is 13.1 Å². The molecule has 0 aromatic carbocycles. The van der Waals surface area contributed by atoms with Crippen LogP contribution in [-0.4, -0.2) is 41.4 Å². The second-order valence-electron chi connectivity index (χ2n) is 5.91. The highest BCUT2D eigenvalue weighted by molar-refractivity contribution is 6.28. The first-order chi connectivity index (χ1) is 9.54. The average Bonchev–Trinajstić information content (AvgIpc) is 3.21. The minimum Gasteiger partial charge on any atom is -0.359 e. The molecule has 5 nitrogen and oxygen atoms in total. The van der Waals surface area contributed by atoms with Crippen molar-refractivity contribution in [3.05, 3.63) is 11.5 Å². The van der Waals surface area contributed by atoms with Crippen molar-refractivity contribution in [2.75, 3.05) is 16.8 Å². The van der Waals surface area contributed by atoms with Crippen LogP contribution in [0.15, 0.2) is 6.20 Å². The van der Waals surface area contributed by atoms with Gasteiger partial charge in [0.2, 0.25) is 5.28 Å². The number of nitrogens with zero attached hydrogens (tertiary/aromatic N) is 4. The lowest BCUT2D eigenvalue weighted by molar-refractivity contribution is -0.109. The minimum atomic E-state index is -0.151. The molecule has 0 saturated heterocycles. The van der Waals surface area contributed by atoms with Crippen molar-refractivity contribution in [3.8, 4) is 0 Å². The Hall–Kier alpha value is -1.36. The fourth-order valence-electron chi connectivity index (χ4n) is 3.18. The van der Waals surface area contributed by atoms with Crippen molar-refractivity contribution in [2.45, 2.75) is 44.8 Å². The maximum absolute atomic E-state index is 11.6. The number of hydrogen-bond acceptors (Lipinski definition) is 5. The fraction of sp³-hybridized carbons (Fsp3) is 0.643. The maximum Gasteiger partial charge on any atom is 0.224 e. The SMILES string of the molecule is CC(C)N1c2nc(Cl)ncc2N(C)C(C=O)C1C1CC1. The molecule has 1 aromatic heterocycles. The lowest BCUT2D eigenvalue weighted by Gasteiger charge is -2.48. The molecule has 0 bridgehead atoms. The molecule has 2 atom stereocenters. The number of aldehydes is 1.